The van der Waals surface area contributed by atoms with Gasteiger partial charge in [0.15, 0.2) is 0 Å². The molecule has 0 radical (unpaired) electrons. The Morgan fingerprint density at radius 3 is 1.85 bits per heavy atom. The van der Waals surface area contributed by atoms with Crippen molar-refractivity contribution in [1.82, 2.24) is 0 Å². The Morgan fingerprint density at radius 2 is 1.30 bits per heavy atom. The van der Waals surface area contributed by atoms with E-state index in [2.05, 4.69) is 0 Å². The predicted octanol–water partition coefficient (Wildman–Crippen LogP) is 4.38. The zero-order valence-electron chi connectivity index (χ0n) is 10.5. The van der Waals surface area contributed by atoms with Gasteiger partial charge in [0, 0.05) is 21.7 Å². The van der Waals surface area contributed by atoms with Crippen LogP contribution in [0.4, 0.5) is 8.78 Å². The third-order valence-electron chi connectivity index (χ3n) is 3.06. The van der Waals surface area contributed by atoms with Crippen molar-refractivity contribution in [2.45, 2.75) is 18.9 Å². The molecule has 2 aromatic carbocycles. The maximum absolute atomic E-state index is 13.6. The molecule has 20 heavy (non-hydrogen) atoms. The molecule has 0 fully saturated rings. The van der Waals surface area contributed by atoms with Crippen LogP contribution in [0.15, 0.2) is 36.4 Å². The summed E-state index contributed by atoms with van der Waals surface area (Å²) in [5.41, 5.74) is 6.65. The minimum atomic E-state index is -0.592. The first kappa shape index (κ1) is 15.2. The smallest absolute Gasteiger partial charge is 0.129 e. The molecule has 1 atom stereocenters. The fraction of sp³-hybridized carbons (Fsp3) is 0.200. The van der Waals surface area contributed by atoms with Gasteiger partial charge >= 0.3 is 0 Å². The van der Waals surface area contributed by atoms with Crippen LogP contribution in [0, 0.1) is 11.6 Å². The molecular formula is C15H13Cl2F2N. The van der Waals surface area contributed by atoms with Crippen LogP contribution in [0.2, 0.25) is 10.0 Å². The summed E-state index contributed by atoms with van der Waals surface area (Å²) in [7, 11) is 0. The van der Waals surface area contributed by atoms with Crippen molar-refractivity contribution >= 4 is 23.2 Å². The van der Waals surface area contributed by atoms with Crippen molar-refractivity contribution in [3.05, 3.63) is 69.2 Å². The van der Waals surface area contributed by atoms with Crippen LogP contribution in [0.5, 0.6) is 0 Å². The lowest BCUT2D eigenvalue weighted by Gasteiger charge is -2.15. The molecule has 2 N–H and O–H groups in total. The molecule has 1 unspecified atom stereocenters. The molecule has 0 aliphatic heterocycles. The summed E-state index contributed by atoms with van der Waals surface area (Å²) in [6.45, 7) is 0. The first-order chi connectivity index (χ1) is 9.49. The highest BCUT2D eigenvalue weighted by atomic mass is 35.5. The summed E-state index contributed by atoms with van der Waals surface area (Å²) < 4.78 is 27.1. The van der Waals surface area contributed by atoms with Gasteiger partial charge in [-0.1, -0.05) is 35.3 Å². The molecule has 106 valence electrons. The lowest BCUT2D eigenvalue weighted by atomic mass is 9.99. The lowest BCUT2D eigenvalue weighted by molar-refractivity contribution is 0.534. The van der Waals surface area contributed by atoms with Crippen molar-refractivity contribution in [1.29, 1.82) is 0 Å². The quantitative estimate of drug-likeness (QED) is 0.890. The van der Waals surface area contributed by atoms with E-state index in [-0.39, 0.29) is 12.0 Å². The van der Waals surface area contributed by atoms with E-state index in [9.17, 15) is 8.78 Å². The van der Waals surface area contributed by atoms with Crippen LogP contribution >= 0.6 is 23.2 Å². The van der Waals surface area contributed by atoms with Crippen molar-refractivity contribution in [3.63, 3.8) is 0 Å². The van der Waals surface area contributed by atoms with Gasteiger partial charge in [0.1, 0.15) is 11.6 Å². The molecule has 0 bridgehead atoms. The number of hydrogen-bond donors (Lipinski definition) is 1. The third-order valence-corrected chi connectivity index (χ3v) is 3.76. The first-order valence-corrected chi connectivity index (χ1v) is 6.86. The molecule has 5 heteroatoms. The Balaban J connectivity index is 2.15. The minimum absolute atomic E-state index is 0.0109. The van der Waals surface area contributed by atoms with Gasteiger partial charge in [-0.3, -0.25) is 0 Å². The summed E-state index contributed by atoms with van der Waals surface area (Å²) in [6, 6.07) is 8.43. The van der Waals surface area contributed by atoms with Crippen molar-refractivity contribution in [2.24, 2.45) is 5.73 Å². The van der Waals surface area contributed by atoms with Gasteiger partial charge in [0.2, 0.25) is 0 Å². The summed E-state index contributed by atoms with van der Waals surface area (Å²) >= 11 is 12.1. The minimum Gasteiger partial charge on any atom is -0.327 e. The van der Waals surface area contributed by atoms with E-state index in [0.29, 0.717) is 22.0 Å². The molecule has 0 saturated heterocycles. The van der Waals surface area contributed by atoms with Crippen molar-refractivity contribution in [3.8, 4) is 0 Å². The fourth-order valence-electron chi connectivity index (χ4n) is 2.05. The standard InChI is InChI=1S/C15H13Cl2F2N/c16-12-3-1-4-13(17)10(12)7-9(20)8-11-14(18)5-2-6-15(11)19/h1-6,9H,7-8,20H2. The Labute approximate surface area is 126 Å². The van der Waals surface area contributed by atoms with E-state index >= 15 is 0 Å². The summed E-state index contributed by atoms with van der Waals surface area (Å²) in [5.74, 6) is -1.18. The van der Waals surface area contributed by atoms with Gasteiger partial charge in [0.25, 0.3) is 0 Å². The van der Waals surface area contributed by atoms with Crippen LogP contribution in [-0.4, -0.2) is 6.04 Å². The number of nitrogens with two attached hydrogens (primary N) is 1. The highest BCUT2D eigenvalue weighted by Gasteiger charge is 2.15. The fourth-order valence-corrected chi connectivity index (χ4v) is 2.60. The second kappa shape index (κ2) is 6.53. The van der Waals surface area contributed by atoms with Gasteiger partial charge in [-0.15, -0.1) is 0 Å². The Morgan fingerprint density at radius 1 is 0.850 bits per heavy atom. The van der Waals surface area contributed by atoms with Gasteiger partial charge in [0.05, 0.1) is 0 Å². The summed E-state index contributed by atoms with van der Waals surface area (Å²) in [5, 5.41) is 1.00. The molecule has 2 rings (SSSR count). The van der Waals surface area contributed by atoms with E-state index in [0.717, 1.165) is 0 Å². The van der Waals surface area contributed by atoms with Crippen molar-refractivity contribution < 1.29 is 8.78 Å². The van der Waals surface area contributed by atoms with Crippen molar-refractivity contribution in [2.75, 3.05) is 0 Å². The van der Waals surface area contributed by atoms with E-state index in [1.807, 2.05) is 0 Å². The number of hydrogen-bond acceptors (Lipinski definition) is 1. The molecule has 0 aromatic heterocycles. The maximum atomic E-state index is 13.6. The largest absolute Gasteiger partial charge is 0.327 e. The number of halogens is 4. The normalized spacial score (nSPS) is 12.4. The van der Waals surface area contributed by atoms with Crippen LogP contribution in [0.3, 0.4) is 0 Å². The lowest BCUT2D eigenvalue weighted by Crippen LogP contribution is -2.26. The highest BCUT2D eigenvalue weighted by molar-refractivity contribution is 6.36. The molecule has 1 nitrogen and oxygen atoms in total. The predicted molar refractivity (Wildman–Crippen MR) is 78.2 cm³/mol. The van der Waals surface area contributed by atoms with Gasteiger partial charge in [-0.05, 0) is 42.7 Å². The average molecular weight is 316 g/mol. The summed E-state index contributed by atoms with van der Waals surface area (Å²) in [4.78, 5) is 0. The molecule has 0 heterocycles. The zero-order chi connectivity index (χ0) is 14.7. The van der Waals surface area contributed by atoms with E-state index in [1.165, 1.54) is 18.2 Å². The maximum Gasteiger partial charge on any atom is 0.129 e. The molecule has 0 spiro atoms. The monoisotopic (exact) mass is 315 g/mol. The van der Waals surface area contributed by atoms with Crippen LogP contribution in [-0.2, 0) is 12.8 Å². The van der Waals surface area contributed by atoms with E-state index < -0.39 is 17.7 Å². The summed E-state index contributed by atoms with van der Waals surface area (Å²) in [6.07, 6.45) is 0.437. The van der Waals surface area contributed by atoms with Gasteiger partial charge < -0.3 is 5.73 Å². The van der Waals surface area contributed by atoms with Gasteiger partial charge in [-0.25, -0.2) is 8.78 Å². The highest BCUT2D eigenvalue weighted by Crippen LogP contribution is 2.26. The Bertz CT molecular complexity index is 523. The van der Waals surface area contributed by atoms with Gasteiger partial charge in [-0.2, -0.15) is 0 Å². The molecule has 0 amide bonds. The molecular weight excluding hydrogens is 303 g/mol. The van der Waals surface area contributed by atoms with Crippen LogP contribution in [0.25, 0.3) is 0 Å². The zero-order valence-corrected chi connectivity index (χ0v) is 12.1. The van der Waals surface area contributed by atoms with E-state index in [1.54, 1.807) is 18.2 Å². The topological polar surface area (TPSA) is 26.0 Å². The second-order valence-corrected chi connectivity index (χ2v) is 5.38. The van der Waals surface area contributed by atoms with E-state index in [4.69, 9.17) is 28.9 Å². The Hall–Kier alpha value is -1.16. The van der Waals surface area contributed by atoms with Crippen LogP contribution in [0.1, 0.15) is 11.1 Å². The van der Waals surface area contributed by atoms with Crippen LogP contribution < -0.4 is 5.73 Å². The molecule has 0 aliphatic rings. The molecule has 0 aliphatic carbocycles. The average Bonchev–Trinajstić information content (AvgIpc) is 2.39. The SMILES string of the molecule is NC(Cc1c(F)cccc1F)Cc1c(Cl)cccc1Cl. The second-order valence-electron chi connectivity index (χ2n) is 4.57. The number of benzene rings is 2. The third kappa shape index (κ3) is 3.48. The Kier molecular flexibility index (Phi) is 4.97. The first-order valence-electron chi connectivity index (χ1n) is 6.10. The molecule has 2 aromatic rings. The molecule has 0 saturated carbocycles. The number of rotatable bonds is 4.